The summed E-state index contributed by atoms with van der Waals surface area (Å²) in [6.07, 6.45) is 0.267. The van der Waals surface area contributed by atoms with E-state index in [1.165, 1.54) is 11.3 Å². The van der Waals surface area contributed by atoms with Crippen LogP contribution in [0.25, 0.3) is 15.9 Å². The highest BCUT2D eigenvalue weighted by atomic mass is 32.1. The first-order valence-electron chi connectivity index (χ1n) is 11.1. The number of carbonyl (C=O) groups is 1. The lowest BCUT2D eigenvalue weighted by Crippen LogP contribution is -2.38. The molecule has 0 radical (unpaired) electrons. The average molecular weight is 481 g/mol. The molecule has 5 rings (SSSR count). The van der Waals surface area contributed by atoms with Gasteiger partial charge in [-0.15, -0.1) is 21.5 Å². The minimum atomic E-state index is -0.442. The van der Waals surface area contributed by atoms with Gasteiger partial charge in [0.25, 0.3) is 5.56 Å². The monoisotopic (exact) mass is 480 g/mol. The first kappa shape index (κ1) is 22.2. The van der Waals surface area contributed by atoms with Crippen LogP contribution in [-0.2, 0) is 15.9 Å². The fraction of sp³-hybridized carbons (Fsp3) is 0.348. The van der Waals surface area contributed by atoms with Gasteiger partial charge in [-0.1, -0.05) is 18.2 Å². The number of nitrogens with zero attached hydrogens (tertiary/aromatic N) is 5. The van der Waals surface area contributed by atoms with Gasteiger partial charge in [-0.2, -0.15) is 0 Å². The van der Waals surface area contributed by atoms with E-state index in [0.29, 0.717) is 45.5 Å². The first-order chi connectivity index (χ1) is 16.6. The minimum absolute atomic E-state index is 0.266. The van der Waals surface area contributed by atoms with Crippen LogP contribution < -0.4 is 10.5 Å². The molecule has 0 amide bonds. The molecule has 34 heavy (non-hydrogen) atoms. The molecule has 0 atom stereocenters. The number of hydrogen-bond acceptors (Lipinski definition) is 9. The van der Waals surface area contributed by atoms with Gasteiger partial charge in [-0.05, 0) is 31.5 Å². The smallest absolute Gasteiger partial charge is 0.348 e. The van der Waals surface area contributed by atoms with E-state index in [1.807, 2.05) is 34.9 Å². The molecule has 1 N–H and O–H groups in total. The zero-order valence-corrected chi connectivity index (χ0v) is 19.7. The maximum absolute atomic E-state index is 12.9. The molecule has 0 saturated carbocycles. The maximum atomic E-state index is 12.9. The highest BCUT2D eigenvalue weighted by Crippen LogP contribution is 2.28. The van der Waals surface area contributed by atoms with Crippen LogP contribution in [0.4, 0.5) is 5.95 Å². The van der Waals surface area contributed by atoms with Gasteiger partial charge in [-0.3, -0.25) is 9.36 Å². The molecule has 4 aromatic rings. The molecule has 0 aliphatic carbocycles. The number of hydrogen-bond donors (Lipinski definition) is 1. The number of esters is 1. The molecule has 1 fully saturated rings. The fourth-order valence-electron chi connectivity index (χ4n) is 4.04. The van der Waals surface area contributed by atoms with Crippen LogP contribution >= 0.6 is 11.3 Å². The number of nitrogens with one attached hydrogen (secondary N) is 1. The number of aryl methyl sites for hydroxylation is 1. The van der Waals surface area contributed by atoms with Gasteiger partial charge >= 0.3 is 5.97 Å². The van der Waals surface area contributed by atoms with Crippen LogP contribution in [0.15, 0.2) is 35.1 Å². The number of aromatic nitrogens is 5. The van der Waals surface area contributed by atoms with Crippen LogP contribution in [0.1, 0.15) is 33.8 Å². The molecular formula is C23H24N6O4S. The van der Waals surface area contributed by atoms with Gasteiger partial charge in [-0.25, -0.2) is 9.78 Å². The van der Waals surface area contributed by atoms with Crippen molar-refractivity contribution >= 4 is 33.5 Å². The van der Waals surface area contributed by atoms with Crippen molar-refractivity contribution in [3.8, 4) is 5.69 Å². The van der Waals surface area contributed by atoms with E-state index in [2.05, 4.69) is 25.1 Å². The van der Waals surface area contributed by atoms with E-state index in [4.69, 9.17) is 9.47 Å². The number of aromatic amines is 1. The van der Waals surface area contributed by atoms with Crippen molar-refractivity contribution in [1.29, 1.82) is 0 Å². The molecule has 3 aromatic heterocycles. The Bertz CT molecular complexity index is 1390. The number of carbonyl (C=O) groups excluding carboxylic acids is 1. The summed E-state index contributed by atoms with van der Waals surface area (Å²) in [7, 11) is 0. The summed E-state index contributed by atoms with van der Waals surface area (Å²) in [5.41, 5.74) is 1.22. The van der Waals surface area contributed by atoms with E-state index in [9.17, 15) is 9.59 Å². The molecule has 0 unspecified atom stereocenters. The van der Waals surface area contributed by atoms with Crippen molar-refractivity contribution < 1.29 is 14.3 Å². The molecular weight excluding hydrogens is 456 g/mol. The predicted molar refractivity (Wildman–Crippen MR) is 128 cm³/mol. The van der Waals surface area contributed by atoms with Crippen LogP contribution in [-0.4, -0.2) is 63.6 Å². The van der Waals surface area contributed by atoms with Gasteiger partial charge in [0.15, 0.2) is 0 Å². The SMILES string of the molecule is CCOC(=O)c1sc2nc(Cc3nnc(N4CCOCC4)n3-c3ccccc3)[nH]c(=O)c2c1C. The summed E-state index contributed by atoms with van der Waals surface area (Å²) in [6.45, 7) is 6.45. The van der Waals surface area contributed by atoms with E-state index in [-0.39, 0.29) is 18.6 Å². The molecule has 0 spiro atoms. The van der Waals surface area contributed by atoms with Crippen molar-refractivity contribution in [2.75, 3.05) is 37.8 Å². The Kier molecular flexibility index (Phi) is 6.12. The molecule has 176 valence electrons. The molecule has 0 bridgehead atoms. The Morgan fingerprint density at radius 1 is 1.21 bits per heavy atom. The molecule has 1 saturated heterocycles. The third-order valence-corrected chi connectivity index (χ3v) is 6.82. The zero-order valence-electron chi connectivity index (χ0n) is 18.9. The molecule has 1 aliphatic rings. The first-order valence-corrected chi connectivity index (χ1v) is 11.9. The number of ether oxygens (including phenoxy) is 2. The molecule has 10 nitrogen and oxygen atoms in total. The van der Waals surface area contributed by atoms with E-state index in [0.717, 1.165) is 24.7 Å². The van der Waals surface area contributed by atoms with E-state index < -0.39 is 5.97 Å². The second kappa shape index (κ2) is 9.35. The summed E-state index contributed by atoms with van der Waals surface area (Å²) in [5.74, 6) is 1.38. The second-order valence-electron chi connectivity index (χ2n) is 7.83. The predicted octanol–water partition coefficient (Wildman–Crippen LogP) is 2.48. The third-order valence-electron chi connectivity index (χ3n) is 5.66. The largest absolute Gasteiger partial charge is 0.462 e. The summed E-state index contributed by atoms with van der Waals surface area (Å²) in [6, 6.07) is 9.85. The fourth-order valence-corrected chi connectivity index (χ4v) is 5.14. The Morgan fingerprint density at radius 3 is 2.71 bits per heavy atom. The normalized spacial score (nSPS) is 14.0. The summed E-state index contributed by atoms with van der Waals surface area (Å²) >= 11 is 1.17. The van der Waals surface area contributed by atoms with Gasteiger partial charge < -0.3 is 19.4 Å². The lowest BCUT2D eigenvalue weighted by molar-refractivity contribution is 0.0531. The maximum Gasteiger partial charge on any atom is 0.348 e. The number of anilines is 1. The molecule has 1 aliphatic heterocycles. The highest BCUT2D eigenvalue weighted by molar-refractivity contribution is 7.20. The summed E-state index contributed by atoms with van der Waals surface area (Å²) in [4.78, 5) is 35.7. The van der Waals surface area contributed by atoms with Gasteiger partial charge in [0.2, 0.25) is 5.95 Å². The van der Waals surface area contributed by atoms with Crippen LogP contribution in [0.3, 0.4) is 0 Å². The van der Waals surface area contributed by atoms with Crippen LogP contribution in [0.5, 0.6) is 0 Å². The summed E-state index contributed by atoms with van der Waals surface area (Å²) < 4.78 is 12.6. The highest BCUT2D eigenvalue weighted by Gasteiger charge is 2.24. The Balaban J connectivity index is 1.55. The lowest BCUT2D eigenvalue weighted by atomic mass is 10.2. The van der Waals surface area contributed by atoms with Crippen molar-refractivity contribution in [3.05, 3.63) is 62.8 Å². The lowest BCUT2D eigenvalue weighted by Gasteiger charge is -2.28. The van der Waals surface area contributed by atoms with E-state index >= 15 is 0 Å². The third kappa shape index (κ3) is 4.08. The number of thiophene rings is 1. The molecule has 1 aromatic carbocycles. The van der Waals surface area contributed by atoms with Crippen molar-refractivity contribution in [1.82, 2.24) is 24.7 Å². The van der Waals surface area contributed by atoms with E-state index in [1.54, 1.807) is 13.8 Å². The topological polar surface area (TPSA) is 115 Å². The molecule has 4 heterocycles. The molecule has 11 heteroatoms. The standard InChI is InChI=1S/C23H24N6O4S/c1-3-33-22(31)19-14(2)18-20(30)24-16(25-21(18)34-19)13-17-26-27-23(28-9-11-32-12-10-28)29(17)15-7-5-4-6-8-15/h4-8H,3,9-13H2,1-2H3,(H,24,25,30). The van der Waals surface area contributed by atoms with Crippen molar-refractivity contribution in [2.24, 2.45) is 0 Å². The zero-order chi connectivity index (χ0) is 23.7. The average Bonchev–Trinajstić information content (AvgIpc) is 3.41. The number of morpholine rings is 1. The van der Waals surface area contributed by atoms with Gasteiger partial charge in [0.1, 0.15) is 21.4 Å². The quantitative estimate of drug-likeness (QED) is 0.419. The van der Waals surface area contributed by atoms with Crippen LogP contribution in [0, 0.1) is 6.92 Å². The number of fused-ring (bicyclic) bond motifs is 1. The number of rotatable bonds is 6. The minimum Gasteiger partial charge on any atom is -0.462 e. The Labute approximate surface area is 199 Å². The van der Waals surface area contributed by atoms with Crippen LogP contribution in [0.2, 0.25) is 0 Å². The Hall–Kier alpha value is -3.57. The Morgan fingerprint density at radius 2 is 1.97 bits per heavy atom. The number of H-pyrrole nitrogens is 1. The van der Waals surface area contributed by atoms with Crippen molar-refractivity contribution in [2.45, 2.75) is 20.3 Å². The van der Waals surface area contributed by atoms with Gasteiger partial charge in [0, 0.05) is 13.1 Å². The summed E-state index contributed by atoms with van der Waals surface area (Å²) in [5, 5.41) is 9.32. The number of benzene rings is 1. The second-order valence-corrected chi connectivity index (χ2v) is 8.83. The van der Waals surface area contributed by atoms with Gasteiger partial charge in [0.05, 0.1) is 37.3 Å². The van der Waals surface area contributed by atoms with Crippen molar-refractivity contribution in [3.63, 3.8) is 0 Å². The number of para-hydroxylation sites is 1.